The van der Waals surface area contributed by atoms with Crippen LogP contribution in [0, 0.1) is 0 Å². The molecular weight excluding hydrogens is 486 g/mol. The van der Waals surface area contributed by atoms with Crippen LogP contribution in [0.4, 0.5) is 5.69 Å². The van der Waals surface area contributed by atoms with E-state index in [9.17, 15) is 19.5 Å². The van der Waals surface area contributed by atoms with Gasteiger partial charge in [-0.15, -0.1) is 0 Å². The molecule has 1 aliphatic heterocycles. The number of ketones is 1. The quantitative estimate of drug-likeness (QED) is 0.166. The maximum Gasteiger partial charge on any atom is 0.308 e. The number of Topliss-reactive ketones (excluding diaryl/α,β-unsaturated/α-hetero) is 1. The Kier molecular flexibility index (Phi) is 6.98. The number of carbonyl (C=O) groups is 3. The predicted molar refractivity (Wildman–Crippen MR) is 134 cm³/mol. The minimum absolute atomic E-state index is 0.111. The van der Waals surface area contributed by atoms with Crippen molar-refractivity contribution in [1.82, 2.24) is 0 Å². The Hall–Kier alpha value is -4.30. The van der Waals surface area contributed by atoms with Crippen LogP contribution in [0.2, 0.25) is 5.02 Å². The average Bonchev–Trinajstić information content (AvgIpc) is 3.14. The number of carbonyl (C=O) groups excluding carboxylic acids is 3. The lowest BCUT2D eigenvalue weighted by atomic mass is 9.95. The number of nitrogens with zero attached hydrogens (tertiary/aromatic N) is 1. The number of benzene rings is 3. The molecule has 3 aromatic carbocycles. The molecule has 9 heteroatoms. The van der Waals surface area contributed by atoms with Crippen LogP contribution in [0.25, 0.3) is 5.76 Å². The highest BCUT2D eigenvalue weighted by Gasteiger charge is 2.47. The first-order valence-corrected chi connectivity index (χ1v) is 11.2. The molecular formula is C27H22ClNO7. The van der Waals surface area contributed by atoms with Crippen LogP contribution in [0.15, 0.2) is 72.3 Å². The Morgan fingerprint density at radius 2 is 1.56 bits per heavy atom. The summed E-state index contributed by atoms with van der Waals surface area (Å²) in [6.45, 7) is 1.28. The van der Waals surface area contributed by atoms with Gasteiger partial charge in [0.1, 0.15) is 23.0 Å². The van der Waals surface area contributed by atoms with Gasteiger partial charge in [-0.25, -0.2) is 0 Å². The zero-order valence-corrected chi connectivity index (χ0v) is 20.4. The van der Waals surface area contributed by atoms with E-state index < -0.39 is 23.7 Å². The lowest BCUT2D eigenvalue weighted by molar-refractivity contribution is -0.132. The van der Waals surface area contributed by atoms with Crippen molar-refractivity contribution in [2.24, 2.45) is 0 Å². The maximum atomic E-state index is 13.3. The third-order valence-electron chi connectivity index (χ3n) is 5.68. The van der Waals surface area contributed by atoms with Crippen LogP contribution < -0.4 is 19.1 Å². The van der Waals surface area contributed by atoms with Gasteiger partial charge in [0, 0.05) is 18.2 Å². The molecule has 184 valence electrons. The highest BCUT2D eigenvalue weighted by Crippen LogP contribution is 2.43. The topological polar surface area (TPSA) is 102 Å². The van der Waals surface area contributed by atoms with E-state index >= 15 is 0 Å². The molecule has 0 aliphatic carbocycles. The van der Waals surface area contributed by atoms with Gasteiger partial charge < -0.3 is 19.3 Å². The molecule has 0 aromatic heterocycles. The van der Waals surface area contributed by atoms with Crippen molar-refractivity contribution in [2.75, 3.05) is 19.1 Å². The predicted octanol–water partition coefficient (Wildman–Crippen LogP) is 4.91. The zero-order valence-electron chi connectivity index (χ0n) is 19.7. The molecule has 1 saturated heterocycles. The van der Waals surface area contributed by atoms with Gasteiger partial charge in [0.2, 0.25) is 0 Å². The minimum atomic E-state index is -0.966. The number of esters is 1. The molecule has 1 unspecified atom stereocenters. The van der Waals surface area contributed by atoms with Crippen molar-refractivity contribution in [3.8, 4) is 17.2 Å². The van der Waals surface area contributed by atoms with E-state index in [-0.39, 0.29) is 16.9 Å². The number of methoxy groups -OCH3 is 2. The fourth-order valence-electron chi connectivity index (χ4n) is 4.00. The Morgan fingerprint density at radius 1 is 0.917 bits per heavy atom. The summed E-state index contributed by atoms with van der Waals surface area (Å²) in [5.41, 5.74) is 1.09. The van der Waals surface area contributed by atoms with Crippen molar-refractivity contribution in [3.63, 3.8) is 0 Å². The monoisotopic (exact) mass is 507 g/mol. The number of hydrogen-bond donors (Lipinski definition) is 1. The first kappa shape index (κ1) is 24.8. The number of amides is 1. The zero-order chi connectivity index (χ0) is 26.0. The van der Waals surface area contributed by atoms with Crippen LogP contribution >= 0.6 is 11.6 Å². The molecule has 3 aromatic rings. The van der Waals surface area contributed by atoms with E-state index in [4.69, 9.17) is 25.8 Å². The molecule has 0 radical (unpaired) electrons. The standard InChI is InChI=1S/C27H22ClNO7/c1-15(30)36-20-9-4-16(5-10-20)24-23(25(31)17-6-13-21(28)22(14-17)35-3)26(32)27(33)29(24)18-7-11-19(34-2)12-8-18/h4-14,24,31H,1-3H3/b25-23-. The summed E-state index contributed by atoms with van der Waals surface area (Å²) in [6, 6.07) is 16.6. The summed E-state index contributed by atoms with van der Waals surface area (Å²) < 4.78 is 15.5. The second-order valence-electron chi connectivity index (χ2n) is 7.88. The third kappa shape index (κ3) is 4.63. The number of ether oxygens (including phenoxy) is 3. The Bertz CT molecular complexity index is 1360. The highest BCUT2D eigenvalue weighted by atomic mass is 35.5. The number of halogens is 1. The van der Waals surface area contributed by atoms with Gasteiger partial charge in [0.05, 0.1) is 30.9 Å². The molecule has 36 heavy (non-hydrogen) atoms. The highest BCUT2D eigenvalue weighted by molar-refractivity contribution is 6.51. The molecule has 0 bridgehead atoms. The van der Waals surface area contributed by atoms with Crippen molar-refractivity contribution < 1.29 is 33.7 Å². The maximum absolute atomic E-state index is 13.3. The molecule has 1 N–H and O–H groups in total. The van der Waals surface area contributed by atoms with E-state index in [0.29, 0.717) is 33.5 Å². The number of anilines is 1. The third-order valence-corrected chi connectivity index (χ3v) is 5.99. The summed E-state index contributed by atoms with van der Waals surface area (Å²) in [5, 5.41) is 11.6. The summed E-state index contributed by atoms with van der Waals surface area (Å²) in [6.07, 6.45) is 0. The van der Waals surface area contributed by atoms with Gasteiger partial charge >= 0.3 is 5.97 Å². The van der Waals surface area contributed by atoms with Crippen LogP contribution in [0.5, 0.6) is 17.2 Å². The molecule has 0 saturated carbocycles. The summed E-state index contributed by atoms with van der Waals surface area (Å²) in [7, 11) is 2.95. The molecule has 1 amide bonds. The molecule has 4 rings (SSSR count). The normalized spacial score (nSPS) is 16.7. The Labute approximate surface area is 212 Å². The van der Waals surface area contributed by atoms with E-state index in [1.54, 1.807) is 48.5 Å². The van der Waals surface area contributed by atoms with E-state index in [2.05, 4.69) is 0 Å². The van der Waals surface area contributed by atoms with Crippen molar-refractivity contribution in [1.29, 1.82) is 0 Å². The Morgan fingerprint density at radius 3 is 2.14 bits per heavy atom. The van der Waals surface area contributed by atoms with E-state index in [1.165, 1.54) is 44.2 Å². The van der Waals surface area contributed by atoms with Crippen LogP contribution in [-0.4, -0.2) is 37.0 Å². The first-order chi connectivity index (χ1) is 17.2. The van der Waals surface area contributed by atoms with Crippen LogP contribution in [0.1, 0.15) is 24.1 Å². The number of aliphatic hydroxyl groups excluding tert-OH is 1. The van der Waals surface area contributed by atoms with Crippen molar-refractivity contribution >= 4 is 40.7 Å². The van der Waals surface area contributed by atoms with Crippen molar-refractivity contribution in [3.05, 3.63) is 88.5 Å². The first-order valence-electron chi connectivity index (χ1n) is 10.8. The molecule has 1 atom stereocenters. The van der Waals surface area contributed by atoms with Gasteiger partial charge in [0.15, 0.2) is 0 Å². The van der Waals surface area contributed by atoms with Gasteiger partial charge in [-0.05, 0) is 60.2 Å². The molecule has 1 aliphatic rings. The lowest BCUT2D eigenvalue weighted by Crippen LogP contribution is -2.29. The fourth-order valence-corrected chi connectivity index (χ4v) is 4.20. The number of hydrogen-bond acceptors (Lipinski definition) is 7. The van der Waals surface area contributed by atoms with Gasteiger partial charge in [-0.3, -0.25) is 19.3 Å². The van der Waals surface area contributed by atoms with E-state index in [0.717, 1.165) is 0 Å². The lowest BCUT2D eigenvalue weighted by Gasteiger charge is -2.25. The van der Waals surface area contributed by atoms with E-state index in [1.807, 2.05) is 0 Å². The number of aliphatic hydroxyl groups is 1. The van der Waals surface area contributed by atoms with Crippen LogP contribution in [0.3, 0.4) is 0 Å². The molecule has 1 fully saturated rings. The van der Waals surface area contributed by atoms with Crippen LogP contribution in [-0.2, 0) is 14.4 Å². The Balaban J connectivity index is 1.89. The fraction of sp³-hybridized carbons (Fsp3) is 0.148. The molecule has 1 heterocycles. The molecule has 0 spiro atoms. The molecule has 8 nitrogen and oxygen atoms in total. The average molecular weight is 508 g/mol. The number of rotatable bonds is 6. The summed E-state index contributed by atoms with van der Waals surface area (Å²) >= 11 is 6.12. The SMILES string of the molecule is COc1ccc(N2C(=O)C(=O)/C(=C(\O)c3ccc(Cl)c(OC)c3)C2c2ccc(OC(C)=O)cc2)cc1. The van der Waals surface area contributed by atoms with Gasteiger partial charge in [-0.2, -0.15) is 0 Å². The summed E-state index contributed by atoms with van der Waals surface area (Å²) in [5.74, 6) is -1.35. The summed E-state index contributed by atoms with van der Waals surface area (Å²) in [4.78, 5) is 39.2. The van der Waals surface area contributed by atoms with Gasteiger partial charge in [-0.1, -0.05) is 23.7 Å². The second kappa shape index (κ2) is 10.1. The van der Waals surface area contributed by atoms with Crippen molar-refractivity contribution in [2.45, 2.75) is 13.0 Å². The largest absolute Gasteiger partial charge is 0.507 e. The smallest absolute Gasteiger partial charge is 0.308 e. The minimum Gasteiger partial charge on any atom is -0.507 e. The second-order valence-corrected chi connectivity index (χ2v) is 8.29. The van der Waals surface area contributed by atoms with Gasteiger partial charge in [0.25, 0.3) is 11.7 Å².